The SMILES string of the molecule is Cc1cc(C)c(C2CCC(C)CC2)c(F)c1F. The van der Waals surface area contributed by atoms with E-state index in [-0.39, 0.29) is 5.92 Å². The Bertz CT molecular complexity index is 415. The Morgan fingerprint density at radius 1 is 0.941 bits per heavy atom. The fourth-order valence-electron chi connectivity index (χ4n) is 2.98. The van der Waals surface area contributed by atoms with Gasteiger partial charge in [0.1, 0.15) is 0 Å². The largest absolute Gasteiger partial charge is 0.203 e. The van der Waals surface area contributed by atoms with Crippen LogP contribution >= 0.6 is 0 Å². The lowest BCUT2D eigenvalue weighted by Crippen LogP contribution is -2.14. The number of halogens is 2. The Balaban J connectivity index is 2.35. The molecule has 1 saturated carbocycles. The summed E-state index contributed by atoms with van der Waals surface area (Å²) in [5, 5.41) is 0. The minimum atomic E-state index is -0.663. The van der Waals surface area contributed by atoms with Gasteiger partial charge in [-0.15, -0.1) is 0 Å². The van der Waals surface area contributed by atoms with Crippen molar-refractivity contribution < 1.29 is 8.78 Å². The van der Waals surface area contributed by atoms with E-state index in [2.05, 4.69) is 6.92 Å². The zero-order valence-corrected chi connectivity index (χ0v) is 10.8. The number of hydrogen-bond donors (Lipinski definition) is 0. The summed E-state index contributed by atoms with van der Waals surface area (Å²) in [6.07, 6.45) is 4.22. The van der Waals surface area contributed by atoms with Crippen molar-refractivity contribution >= 4 is 0 Å². The molecule has 0 heterocycles. The maximum Gasteiger partial charge on any atom is 0.162 e. The van der Waals surface area contributed by atoms with Gasteiger partial charge in [0.05, 0.1) is 0 Å². The fourth-order valence-corrected chi connectivity index (χ4v) is 2.98. The topological polar surface area (TPSA) is 0 Å². The van der Waals surface area contributed by atoms with Crippen LogP contribution in [-0.4, -0.2) is 0 Å². The molecule has 0 spiro atoms. The van der Waals surface area contributed by atoms with Crippen LogP contribution in [0.4, 0.5) is 8.78 Å². The lowest BCUT2D eigenvalue weighted by Gasteiger charge is -2.28. The first kappa shape index (κ1) is 12.5. The molecule has 0 bridgehead atoms. The maximum absolute atomic E-state index is 14.0. The summed E-state index contributed by atoms with van der Waals surface area (Å²) in [5.74, 6) is -0.336. The van der Waals surface area contributed by atoms with E-state index in [0.717, 1.165) is 37.2 Å². The van der Waals surface area contributed by atoms with Gasteiger partial charge in [-0.3, -0.25) is 0 Å². The summed E-state index contributed by atoms with van der Waals surface area (Å²) in [6.45, 7) is 5.75. The highest BCUT2D eigenvalue weighted by Gasteiger charge is 2.25. The van der Waals surface area contributed by atoms with Crippen molar-refractivity contribution in [3.8, 4) is 0 Å². The molecule has 1 fully saturated rings. The number of hydrogen-bond acceptors (Lipinski definition) is 0. The second kappa shape index (κ2) is 4.75. The lowest BCUT2D eigenvalue weighted by molar-refractivity contribution is 0.338. The first-order valence-corrected chi connectivity index (χ1v) is 6.45. The normalized spacial score (nSPS) is 25.0. The third kappa shape index (κ3) is 2.36. The predicted molar refractivity (Wildman–Crippen MR) is 66.2 cm³/mol. The van der Waals surface area contributed by atoms with Gasteiger partial charge in [-0.05, 0) is 55.2 Å². The Labute approximate surface area is 102 Å². The fraction of sp³-hybridized carbons (Fsp3) is 0.600. The molecule has 2 rings (SSSR count). The molecule has 94 valence electrons. The first-order valence-electron chi connectivity index (χ1n) is 6.45. The summed E-state index contributed by atoms with van der Waals surface area (Å²) >= 11 is 0. The number of benzene rings is 1. The molecule has 0 aromatic heterocycles. The molecule has 0 saturated heterocycles. The van der Waals surface area contributed by atoms with Crippen LogP contribution in [0.5, 0.6) is 0 Å². The molecule has 0 aliphatic heterocycles. The molecule has 0 radical (unpaired) electrons. The zero-order chi connectivity index (χ0) is 12.6. The van der Waals surface area contributed by atoms with E-state index in [1.807, 2.05) is 6.92 Å². The van der Waals surface area contributed by atoms with E-state index >= 15 is 0 Å². The third-order valence-corrected chi connectivity index (χ3v) is 4.06. The second-order valence-corrected chi connectivity index (χ2v) is 5.51. The van der Waals surface area contributed by atoms with Crippen LogP contribution in [0, 0.1) is 31.4 Å². The molecule has 0 unspecified atom stereocenters. The van der Waals surface area contributed by atoms with E-state index < -0.39 is 11.6 Å². The molecular weight excluding hydrogens is 218 g/mol. The molecule has 1 aliphatic rings. The van der Waals surface area contributed by atoms with E-state index in [0.29, 0.717) is 11.1 Å². The van der Waals surface area contributed by atoms with Crippen molar-refractivity contribution in [2.45, 2.75) is 52.4 Å². The van der Waals surface area contributed by atoms with Crippen molar-refractivity contribution in [1.82, 2.24) is 0 Å². The van der Waals surface area contributed by atoms with Crippen molar-refractivity contribution in [2.24, 2.45) is 5.92 Å². The monoisotopic (exact) mass is 238 g/mol. The minimum absolute atomic E-state index is 0.210. The average Bonchev–Trinajstić information content (AvgIpc) is 2.29. The molecule has 1 aromatic rings. The van der Waals surface area contributed by atoms with Crippen LogP contribution in [0.1, 0.15) is 55.2 Å². The molecule has 17 heavy (non-hydrogen) atoms. The zero-order valence-electron chi connectivity index (χ0n) is 10.8. The predicted octanol–water partition coefficient (Wildman–Crippen LogP) is 4.88. The van der Waals surface area contributed by atoms with Crippen LogP contribution in [0.2, 0.25) is 0 Å². The third-order valence-electron chi connectivity index (χ3n) is 4.06. The van der Waals surface area contributed by atoms with Crippen LogP contribution in [0.25, 0.3) is 0 Å². The van der Waals surface area contributed by atoms with Gasteiger partial charge >= 0.3 is 0 Å². The minimum Gasteiger partial charge on any atom is -0.203 e. The lowest BCUT2D eigenvalue weighted by atomic mass is 9.78. The molecule has 0 amide bonds. The van der Waals surface area contributed by atoms with Crippen LogP contribution in [0.3, 0.4) is 0 Å². The van der Waals surface area contributed by atoms with Crippen molar-refractivity contribution in [3.63, 3.8) is 0 Å². The summed E-state index contributed by atoms with van der Waals surface area (Å²) in [6, 6.07) is 1.77. The number of aryl methyl sites for hydroxylation is 2. The van der Waals surface area contributed by atoms with Gasteiger partial charge in [0.2, 0.25) is 0 Å². The Hall–Kier alpha value is -0.920. The smallest absolute Gasteiger partial charge is 0.162 e. The van der Waals surface area contributed by atoms with E-state index in [1.165, 1.54) is 0 Å². The highest BCUT2D eigenvalue weighted by molar-refractivity contribution is 5.36. The van der Waals surface area contributed by atoms with Crippen LogP contribution in [-0.2, 0) is 0 Å². The van der Waals surface area contributed by atoms with Gasteiger partial charge in [-0.25, -0.2) is 8.78 Å². The molecule has 0 atom stereocenters. The standard InChI is InChI=1S/C15H20F2/c1-9-4-6-12(7-5-9)13-10(2)8-11(3)14(16)15(13)17/h8-9,12H,4-7H2,1-3H3. The first-order chi connectivity index (χ1) is 8.00. The Kier molecular flexibility index (Phi) is 3.50. The number of rotatable bonds is 1. The van der Waals surface area contributed by atoms with Crippen molar-refractivity contribution in [3.05, 3.63) is 34.4 Å². The van der Waals surface area contributed by atoms with Crippen molar-refractivity contribution in [2.75, 3.05) is 0 Å². The van der Waals surface area contributed by atoms with Crippen LogP contribution in [0.15, 0.2) is 6.07 Å². The van der Waals surface area contributed by atoms with Crippen molar-refractivity contribution in [1.29, 1.82) is 0 Å². The maximum atomic E-state index is 14.0. The van der Waals surface area contributed by atoms with Gasteiger partial charge in [0.15, 0.2) is 11.6 Å². The quantitative estimate of drug-likeness (QED) is 0.654. The van der Waals surface area contributed by atoms with Gasteiger partial charge in [-0.1, -0.05) is 25.8 Å². The molecular formula is C15H20F2. The molecule has 0 N–H and O–H groups in total. The van der Waals surface area contributed by atoms with Crippen LogP contribution < -0.4 is 0 Å². The highest BCUT2D eigenvalue weighted by atomic mass is 19.2. The Morgan fingerprint density at radius 2 is 1.53 bits per heavy atom. The van der Waals surface area contributed by atoms with Gasteiger partial charge < -0.3 is 0 Å². The molecule has 2 heteroatoms. The summed E-state index contributed by atoms with van der Waals surface area (Å²) < 4.78 is 27.7. The molecule has 1 aliphatic carbocycles. The van der Waals surface area contributed by atoms with Gasteiger partial charge in [0.25, 0.3) is 0 Å². The Morgan fingerprint density at radius 3 is 2.12 bits per heavy atom. The summed E-state index contributed by atoms with van der Waals surface area (Å²) in [4.78, 5) is 0. The molecule has 1 aromatic carbocycles. The van der Waals surface area contributed by atoms with Gasteiger partial charge in [-0.2, -0.15) is 0 Å². The van der Waals surface area contributed by atoms with Gasteiger partial charge in [0, 0.05) is 0 Å². The summed E-state index contributed by atoms with van der Waals surface area (Å²) in [5.41, 5.74) is 1.94. The second-order valence-electron chi connectivity index (χ2n) is 5.51. The van der Waals surface area contributed by atoms with E-state index in [4.69, 9.17) is 0 Å². The summed E-state index contributed by atoms with van der Waals surface area (Å²) in [7, 11) is 0. The van der Waals surface area contributed by atoms with E-state index in [1.54, 1.807) is 13.0 Å². The highest BCUT2D eigenvalue weighted by Crippen LogP contribution is 2.38. The average molecular weight is 238 g/mol. The van der Waals surface area contributed by atoms with E-state index in [9.17, 15) is 8.78 Å². The molecule has 0 nitrogen and oxygen atoms in total.